The molecule has 0 aliphatic carbocycles. The fraction of sp³-hybridized carbons (Fsp3) is 0.211. The summed E-state index contributed by atoms with van der Waals surface area (Å²) >= 11 is 1.29. The Labute approximate surface area is 160 Å². The Bertz CT molecular complexity index is 946. The molecule has 1 amide bonds. The number of thiazole rings is 1. The highest BCUT2D eigenvalue weighted by molar-refractivity contribution is 7.14. The molecule has 0 saturated heterocycles. The van der Waals surface area contributed by atoms with Crippen LogP contribution >= 0.6 is 11.3 Å². The number of hydrogen-bond donors (Lipinski definition) is 2. The van der Waals surface area contributed by atoms with Gasteiger partial charge in [-0.2, -0.15) is 0 Å². The van der Waals surface area contributed by atoms with Crippen LogP contribution in [0, 0.1) is 6.92 Å². The number of carbonyl (C=O) groups excluding carboxylic acids is 2. The largest absolute Gasteiger partial charge is 0.481 e. The van der Waals surface area contributed by atoms with Gasteiger partial charge in [0, 0.05) is 17.1 Å². The van der Waals surface area contributed by atoms with E-state index in [0.717, 1.165) is 11.1 Å². The Morgan fingerprint density at radius 1 is 1.26 bits per heavy atom. The number of H-pyrrole nitrogens is 1. The molecule has 0 saturated carbocycles. The van der Waals surface area contributed by atoms with E-state index >= 15 is 0 Å². The third-order valence-corrected chi connectivity index (χ3v) is 4.58. The van der Waals surface area contributed by atoms with E-state index in [4.69, 9.17) is 4.74 Å². The van der Waals surface area contributed by atoms with Crippen molar-refractivity contribution in [3.8, 4) is 17.0 Å². The normalized spacial score (nSPS) is 11.7. The minimum Gasteiger partial charge on any atom is -0.481 e. The average molecular weight is 385 g/mol. The van der Waals surface area contributed by atoms with Gasteiger partial charge in [-0.15, -0.1) is 11.3 Å². The lowest BCUT2D eigenvalue weighted by atomic mass is 10.2. The highest BCUT2D eigenvalue weighted by Gasteiger charge is 2.17. The number of nitrogens with one attached hydrogen (secondary N) is 2. The third kappa shape index (κ3) is 4.53. The number of anilines is 1. The molecule has 7 nitrogen and oxygen atoms in total. The van der Waals surface area contributed by atoms with Gasteiger partial charge in [0.2, 0.25) is 0 Å². The Kier molecular flexibility index (Phi) is 5.56. The fourth-order valence-electron chi connectivity index (χ4n) is 2.32. The van der Waals surface area contributed by atoms with Gasteiger partial charge >= 0.3 is 5.97 Å². The zero-order chi connectivity index (χ0) is 19.4. The smallest absolute Gasteiger partial charge is 0.354 e. The molecular formula is C19H19N3O4S. The predicted octanol–water partition coefficient (Wildman–Crippen LogP) is 3.64. The topological polar surface area (TPSA) is 93.3 Å². The number of carbonyl (C=O) groups is 2. The summed E-state index contributed by atoms with van der Waals surface area (Å²) in [6.45, 7) is 3.66. The number of amides is 1. The number of methoxy groups -OCH3 is 1. The van der Waals surface area contributed by atoms with Crippen molar-refractivity contribution in [3.63, 3.8) is 0 Å². The van der Waals surface area contributed by atoms with E-state index in [1.165, 1.54) is 18.4 Å². The van der Waals surface area contributed by atoms with Crippen molar-refractivity contribution in [2.24, 2.45) is 0 Å². The monoisotopic (exact) mass is 385 g/mol. The first-order valence-corrected chi connectivity index (χ1v) is 9.11. The SMILES string of the molecule is COC(=O)c1cc(-c2csc(NC(=O)C(C)Oc3ccc(C)cc3)n2)c[nH]1. The van der Waals surface area contributed by atoms with Crippen LogP contribution in [0.5, 0.6) is 5.75 Å². The average Bonchev–Trinajstić information content (AvgIpc) is 3.32. The summed E-state index contributed by atoms with van der Waals surface area (Å²) in [5.74, 6) is -0.112. The second-order valence-electron chi connectivity index (χ2n) is 5.89. The van der Waals surface area contributed by atoms with Crippen LogP contribution in [0.4, 0.5) is 5.13 Å². The Balaban J connectivity index is 1.62. The zero-order valence-electron chi connectivity index (χ0n) is 15.1. The van der Waals surface area contributed by atoms with Gasteiger partial charge in [-0.25, -0.2) is 9.78 Å². The summed E-state index contributed by atoms with van der Waals surface area (Å²) in [5.41, 5.74) is 2.84. The molecule has 8 heteroatoms. The van der Waals surface area contributed by atoms with Gasteiger partial charge in [-0.1, -0.05) is 17.7 Å². The summed E-state index contributed by atoms with van der Waals surface area (Å²) in [6.07, 6.45) is 0.994. The molecule has 1 atom stereocenters. The summed E-state index contributed by atoms with van der Waals surface area (Å²) in [4.78, 5) is 31.1. The van der Waals surface area contributed by atoms with Gasteiger partial charge in [0.25, 0.3) is 5.91 Å². The molecule has 0 spiro atoms. The van der Waals surface area contributed by atoms with Crippen LogP contribution in [0.25, 0.3) is 11.3 Å². The first-order valence-electron chi connectivity index (χ1n) is 8.23. The minimum atomic E-state index is -0.668. The van der Waals surface area contributed by atoms with Gasteiger partial charge in [-0.3, -0.25) is 10.1 Å². The number of nitrogens with zero attached hydrogens (tertiary/aromatic N) is 1. The molecule has 0 aliphatic heterocycles. The standard InChI is InChI=1S/C19H19N3O4S/c1-11-4-6-14(7-5-11)26-12(2)17(23)22-19-21-16(10-27-19)13-8-15(20-9-13)18(24)25-3/h4-10,12,20H,1-3H3,(H,21,22,23). The molecule has 1 unspecified atom stereocenters. The van der Waals surface area contributed by atoms with E-state index in [1.54, 1.807) is 24.6 Å². The minimum absolute atomic E-state index is 0.291. The Hall–Kier alpha value is -3.13. The van der Waals surface area contributed by atoms with E-state index in [-0.39, 0.29) is 5.91 Å². The van der Waals surface area contributed by atoms with Gasteiger partial charge in [0.1, 0.15) is 11.4 Å². The molecule has 1 aromatic carbocycles. The molecule has 0 bridgehead atoms. The maximum atomic E-state index is 12.3. The quantitative estimate of drug-likeness (QED) is 0.632. The molecule has 3 aromatic rings. The second kappa shape index (κ2) is 8.05. The first kappa shape index (κ1) is 18.7. The molecule has 0 radical (unpaired) electrons. The van der Waals surface area contributed by atoms with Crippen molar-refractivity contribution in [2.75, 3.05) is 12.4 Å². The fourth-order valence-corrected chi connectivity index (χ4v) is 3.04. The van der Waals surface area contributed by atoms with Gasteiger partial charge in [0.05, 0.1) is 12.8 Å². The van der Waals surface area contributed by atoms with Crippen LogP contribution < -0.4 is 10.1 Å². The molecule has 0 aliphatic rings. The van der Waals surface area contributed by atoms with Crippen molar-refractivity contribution in [1.29, 1.82) is 0 Å². The maximum absolute atomic E-state index is 12.3. The summed E-state index contributed by atoms with van der Waals surface area (Å²) < 4.78 is 10.3. The zero-order valence-corrected chi connectivity index (χ0v) is 15.9. The molecule has 2 N–H and O–H groups in total. The van der Waals surface area contributed by atoms with E-state index in [2.05, 4.69) is 20.0 Å². The van der Waals surface area contributed by atoms with Crippen molar-refractivity contribution in [3.05, 3.63) is 53.2 Å². The summed E-state index contributed by atoms with van der Waals surface area (Å²) in [7, 11) is 1.32. The van der Waals surface area contributed by atoms with Crippen molar-refractivity contribution in [2.45, 2.75) is 20.0 Å². The summed E-state index contributed by atoms with van der Waals surface area (Å²) in [5, 5.41) is 5.00. The van der Waals surface area contributed by atoms with E-state index < -0.39 is 12.1 Å². The van der Waals surface area contributed by atoms with Crippen LogP contribution in [0.15, 0.2) is 41.9 Å². The molecule has 140 valence electrons. The molecule has 2 heterocycles. The molecule has 0 fully saturated rings. The lowest BCUT2D eigenvalue weighted by Gasteiger charge is -2.13. The van der Waals surface area contributed by atoms with Crippen LogP contribution in [0.1, 0.15) is 23.0 Å². The summed E-state index contributed by atoms with van der Waals surface area (Å²) in [6, 6.07) is 9.14. The van der Waals surface area contributed by atoms with E-state index in [9.17, 15) is 9.59 Å². The van der Waals surface area contributed by atoms with Crippen LogP contribution in [-0.2, 0) is 9.53 Å². The molecule has 3 rings (SSSR count). The first-order chi connectivity index (χ1) is 13.0. The number of esters is 1. The number of rotatable bonds is 6. The third-order valence-electron chi connectivity index (χ3n) is 3.82. The maximum Gasteiger partial charge on any atom is 0.354 e. The number of ether oxygens (including phenoxy) is 2. The van der Waals surface area contributed by atoms with Gasteiger partial charge in [-0.05, 0) is 32.0 Å². The predicted molar refractivity (Wildman–Crippen MR) is 103 cm³/mol. The number of aryl methyl sites for hydroxylation is 1. The molecule has 27 heavy (non-hydrogen) atoms. The van der Waals surface area contributed by atoms with E-state index in [0.29, 0.717) is 22.3 Å². The molecular weight excluding hydrogens is 366 g/mol. The number of benzene rings is 1. The Morgan fingerprint density at radius 2 is 2.00 bits per heavy atom. The van der Waals surface area contributed by atoms with Crippen molar-refractivity contribution >= 4 is 28.3 Å². The highest BCUT2D eigenvalue weighted by atomic mass is 32.1. The lowest BCUT2D eigenvalue weighted by molar-refractivity contribution is -0.122. The number of aromatic amines is 1. The molecule has 2 aromatic heterocycles. The van der Waals surface area contributed by atoms with E-state index in [1.807, 2.05) is 31.2 Å². The van der Waals surface area contributed by atoms with Crippen LogP contribution in [0.2, 0.25) is 0 Å². The van der Waals surface area contributed by atoms with Gasteiger partial charge in [0.15, 0.2) is 11.2 Å². The Morgan fingerprint density at radius 3 is 2.70 bits per heavy atom. The van der Waals surface area contributed by atoms with Crippen LogP contribution in [0.3, 0.4) is 0 Å². The lowest BCUT2D eigenvalue weighted by Crippen LogP contribution is -2.30. The highest BCUT2D eigenvalue weighted by Crippen LogP contribution is 2.26. The van der Waals surface area contributed by atoms with Crippen LogP contribution in [-0.4, -0.2) is 35.1 Å². The number of aromatic nitrogens is 2. The second-order valence-corrected chi connectivity index (χ2v) is 6.75. The number of hydrogen-bond acceptors (Lipinski definition) is 6. The van der Waals surface area contributed by atoms with Gasteiger partial charge < -0.3 is 14.5 Å². The van der Waals surface area contributed by atoms with Crippen molar-refractivity contribution < 1.29 is 19.1 Å². The van der Waals surface area contributed by atoms with Crippen molar-refractivity contribution in [1.82, 2.24) is 9.97 Å².